The highest BCUT2D eigenvalue weighted by Crippen LogP contribution is 2.27. The van der Waals surface area contributed by atoms with Crippen LogP contribution in [0.2, 0.25) is 0 Å². The molecule has 0 spiro atoms. The third-order valence-electron chi connectivity index (χ3n) is 7.47. The minimum absolute atomic E-state index is 0.0843. The Bertz CT molecular complexity index is 1690. The van der Waals surface area contributed by atoms with Gasteiger partial charge in [0.2, 0.25) is 11.8 Å². The van der Waals surface area contributed by atoms with Crippen molar-refractivity contribution in [2.24, 2.45) is 0 Å². The van der Waals surface area contributed by atoms with Crippen molar-refractivity contribution in [3.05, 3.63) is 129 Å². The van der Waals surface area contributed by atoms with Crippen molar-refractivity contribution in [3.63, 3.8) is 0 Å². The van der Waals surface area contributed by atoms with Gasteiger partial charge in [0.25, 0.3) is 10.0 Å². The van der Waals surface area contributed by atoms with Crippen LogP contribution < -0.4 is 9.62 Å². The maximum atomic E-state index is 14.5. The maximum absolute atomic E-state index is 14.5. The minimum atomic E-state index is -4.15. The number of sulfonamides is 1. The number of hydrogen-bond acceptors (Lipinski definition) is 4. The van der Waals surface area contributed by atoms with Crippen LogP contribution in [0.1, 0.15) is 41.2 Å². The first kappa shape index (κ1) is 33.9. The van der Waals surface area contributed by atoms with Crippen molar-refractivity contribution < 1.29 is 18.0 Å². The highest BCUT2D eigenvalue weighted by molar-refractivity contribution is 9.10. The van der Waals surface area contributed by atoms with E-state index in [1.165, 1.54) is 4.90 Å². The number of aryl methyl sites for hydroxylation is 3. The number of amides is 2. The zero-order chi connectivity index (χ0) is 32.6. The molecule has 45 heavy (non-hydrogen) atoms. The Morgan fingerprint density at radius 2 is 1.42 bits per heavy atom. The van der Waals surface area contributed by atoms with E-state index in [4.69, 9.17) is 0 Å². The summed E-state index contributed by atoms with van der Waals surface area (Å²) in [5, 5.41) is 2.97. The SMILES string of the molecule is CCCNC(=O)C(Cc1ccccc1)N(Cc1ccc(Br)cc1)C(=O)CN(c1cc(C)cc(C)c1)S(=O)(=O)c1ccc(C)cc1. The summed E-state index contributed by atoms with van der Waals surface area (Å²) in [6.07, 6.45) is 1.01. The molecule has 0 aliphatic rings. The highest BCUT2D eigenvalue weighted by Gasteiger charge is 2.34. The Morgan fingerprint density at radius 1 is 0.800 bits per heavy atom. The van der Waals surface area contributed by atoms with Crippen molar-refractivity contribution >= 4 is 43.5 Å². The van der Waals surface area contributed by atoms with Crippen LogP contribution in [-0.4, -0.2) is 44.3 Å². The second-order valence-corrected chi connectivity index (χ2v) is 14.1. The lowest BCUT2D eigenvalue weighted by Gasteiger charge is -2.34. The molecule has 1 atom stereocenters. The maximum Gasteiger partial charge on any atom is 0.264 e. The summed E-state index contributed by atoms with van der Waals surface area (Å²) in [6, 6.07) is 28.3. The number of rotatable bonds is 13. The molecule has 0 aliphatic heterocycles. The van der Waals surface area contributed by atoms with Gasteiger partial charge in [0, 0.05) is 24.0 Å². The average molecular weight is 691 g/mol. The van der Waals surface area contributed by atoms with Crippen molar-refractivity contribution in [2.45, 2.75) is 58.0 Å². The summed E-state index contributed by atoms with van der Waals surface area (Å²) in [6.45, 7) is 7.73. The predicted octanol–water partition coefficient (Wildman–Crippen LogP) is 6.74. The molecular weight excluding hydrogens is 650 g/mol. The van der Waals surface area contributed by atoms with Gasteiger partial charge < -0.3 is 10.2 Å². The molecule has 0 saturated heterocycles. The second-order valence-electron chi connectivity index (χ2n) is 11.3. The van der Waals surface area contributed by atoms with Gasteiger partial charge in [0.15, 0.2) is 0 Å². The minimum Gasteiger partial charge on any atom is -0.354 e. The molecule has 0 aromatic heterocycles. The molecule has 7 nitrogen and oxygen atoms in total. The second kappa shape index (κ2) is 15.4. The van der Waals surface area contributed by atoms with E-state index in [0.29, 0.717) is 12.2 Å². The molecule has 1 N–H and O–H groups in total. The fourth-order valence-corrected chi connectivity index (χ4v) is 6.83. The Hall–Kier alpha value is -3.95. The molecule has 236 valence electrons. The first-order chi connectivity index (χ1) is 21.5. The monoisotopic (exact) mass is 689 g/mol. The third kappa shape index (κ3) is 9.05. The van der Waals surface area contributed by atoms with Gasteiger partial charge in [-0.25, -0.2) is 8.42 Å². The Kier molecular flexibility index (Phi) is 11.6. The molecule has 4 rings (SSSR count). The molecule has 0 saturated carbocycles. The molecule has 0 bridgehead atoms. The van der Waals surface area contributed by atoms with Gasteiger partial charge >= 0.3 is 0 Å². The number of carbonyl (C=O) groups excluding carboxylic acids is 2. The summed E-state index contributed by atoms with van der Waals surface area (Å²) in [7, 11) is -4.15. The summed E-state index contributed by atoms with van der Waals surface area (Å²) in [4.78, 5) is 29.9. The van der Waals surface area contributed by atoms with E-state index in [1.807, 2.05) is 88.4 Å². The van der Waals surface area contributed by atoms with E-state index >= 15 is 0 Å². The van der Waals surface area contributed by atoms with Crippen molar-refractivity contribution in [3.8, 4) is 0 Å². The summed E-state index contributed by atoms with van der Waals surface area (Å²) in [5.74, 6) is -0.772. The van der Waals surface area contributed by atoms with Gasteiger partial charge in [-0.2, -0.15) is 0 Å². The number of hydrogen-bond donors (Lipinski definition) is 1. The lowest BCUT2D eigenvalue weighted by atomic mass is 10.0. The zero-order valence-electron chi connectivity index (χ0n) is 26.2. The molecule has 0 aliphatic carbocycles. The molecule has 9 heteroatoms. The predicted molar refractivity (Wildman–Crippen MR) is 184 cm³/mol. The van der Waals surface area contributed by atoms with Crippen molar-refractivity contribution in [2.75, 3.05) is 17.4 Å². The molecule has 4 aromatic carbocycles. The Balaban J connectivity index is 1.81. The van der Waals surface area contributed by atoms with Crippen LogP contribution in [0.5, 0.6) is 0 Å². The molecule has 1 unspecified atom stereocenters. The molecular formula is C36H40BrN3O4S. The summed E-state index contributed by atoms with van der Waals surface area (Å²) >= 11 is 3.47. The van der Waals surface area contributed by atoms with E-state index < -0.39 is 28.5 Å². The van der Waals surface area contributed by atoms with Crippen molar-refractivity contribution in [1.29, 1.82) is 0 Å². The number of anilines is 1. The fraction of sp³-hybridized carbons (Fsp3) is 0.278. The van der Waals surface area contributed by atoms with Gasteiger partial charge in [0.1, 0.15) is 12.6 Å². The van der Waals surface area contributed by atoms with E-state index in [1.54, 1.807) is 36.4 Å². The largest absolute Gasteiger partial charge is 0.354 e. The van der Waals surface area contributed by atoms with Crippen LogP contribution in [0, 0.1) is 20.8 Å². The van der Waals surface area contributed by atoms with E-state index in [0.717, 1.165) is 43.0 Å². The van der Waals surface area contributed by atoms with Gasteiger partial charge in [0.05, 0.1) is 10.6 Å². The van der Waals surface area contributed by atoms with Gasteiger partial charge in [-0.3, -0.25) is 13.9 Å². The van der Waals surface area contributed by atoms with Crippen LogP contribution in [0.3, 0.4) is 0 Å². The first-order valence-electron chi connectivity index (χ1n) is 15.0. The lowest BCUT2D eigenvalue weighted by molar-refractivity contribution is -0.140. The Morgan fingerprint density at radius 3 is 2.02 bits per heavy atom. The Labute approximate surface area is 275 Å². The van der Waals surface area contributed by atoms with E-state index in [-0.39, 0.29) is 23.8 Å². The van der Waals surface area contributed by atoms with Gasteiger partial charge in [-0.15, -0.1) is 0 Å². The van der Waals surface area contributed by atoms with Gasteiger partial charge in [-0.1, -0.05) is 89.1 Å². The average Bonchev–Trinajstić information content (AvgIpc) is 3.01. The summed E-state index contributed by atoms with van der Waals surface area (Å²) < 4.78 is 30.5. The van der Waals surface area contributed by atoms with E-state index in [9.17, 15) is 18.0 Å². The van der Waals surface area contributed by atoms with Crippen LogP contribution in [0.4, 0.5) is 5.69 Å². The smallest absolute Gasteiger partial charge is 0.264 e. The standard InChI is InChI=1S/C36H40BrN3O4S/c1-5-19-38-36(42)34(23-29-9-7-6-8-10-29)39(24-30-13-15-31(37)16-14-30)35(41)25-40(32-21-27(3)20-28(4)22-32)45(43,44)33-17-11-26(2)12-18-33/h6-18,20-22,34H,5,19,23-25H2,1-4H3,(H,38,42). The summed E-state index contributed by atoms with van der Waals surface area (Å²) in [5.41, 5.74) is 4.75. The number of carbonyl (C=O) groups is 2. The third-order valence-corrected chi connectivity index (χ3v) is 9.79. The number of benzene rings is 4. The van der Waals surface area contributed by atoms with Crippen LogP contribution in [-0.2, 0) is 32.6 Å². The number of halogens is 1. The fourth-order valence-electron chi connectivity index (χ4n) is 5.17. The molecule has 0 heterocycles. The van der Waals surface area contributed by atoms with Crippen LogP contribution in [0.25, 0.3) is 0 Å². The number of nitrogens with zero attached hydrogens (tertiary/aromatic N) is 2. The quantitative estimate of drug-likeness (QED) is 0.169. The topological polar surface area (TPSA) is 86.8 Å². The van der Waals surface area contributed by atoms with E-state index in [2.05, 4.69) is 21.2 Å². The molecule has 0 radical (unpaired) electrons. The molecule has 4 aromatic rings. The lowest BCUT2D eigenvalue weighted by Crippen LogP contribution is -2.53. The van der Waals surface area contributed by atoms with Gasteiger partial charge in [-0.05, 0) is 85.8 Å². The van der Waals surface area contributed by atoms with Crippen LogP contribution >= 0.6 is 15.9 Å². The van der Waals surface area contributed by atoms with Crippen LogP contribution in [0.15, 0.2) is 106 Å². The zero-order valence-corrected chi connectivity index (χ0v) is 28.6. The van der Waals surface area contributed by atoms with Crippen molar-refractivity contribution in [1.82, 2.24) is 10.2 Å². The number of nitrogens with one attached hydrogen (secondary N) is 1. The molecule has 0 fully saturated rings. The first-order valence-corrected chi connectivity index (χ1v) is 17.2. The molecule has 2 amide bonds. The highest BCUT2D eigenvalue weighted by atomic mass is 79.9. The normalized spacial score (nSPS) is 11.9.